The van der Waals surface area contributed by atoms with Crippen molar-refractivity contribution >= 4 is 11.9 Å². The summed E-state index contributed by atoms with van der Waals surface area (Å²) in [7, 11) is 1.51. The van der Waals surface area contributed by atoms with Crippen LogP contribution in [0.25, 0.3) is 0 Å². The Morgan fingerprint density at radius 2 is 2.03 bits per heavy atom. The summed E-state index contributed by atoms with van der Waals surface area (Å²) < 4.78 is 51.7. The minimum Gasteiger partial charge on any atom is -0.437 e. The van der Waals surface area contributed by atoms with Crippen LogP contribution in [0.4, 0.5) is 13.2 Å². The first-order valence-corrected chi connectivity index (χ1v) is 10.6. The Hall–Kier alpha value is -3.21. The highest BCUT2D eigenvalue weighted by atomic mass is 19.3. The first kappa shape index (κ1) is 23.0. The van der Waals surface area contributed by atoms with E-state index < -0.39 is 29.4 Å². The molecule has 1 aromatic carbocycles. The zero-order valence-electron chi connectivity index (χ0n) is 18.0. The van der Waals surface area contributed by atoms with Gasteiger partial charge in [0.25, 0.3) is 6.43 Å². The van der Waals surface area contributed by atoms with Gasteiger partial charge >= 0.3 is 0 Å². The summed E-state index contributed by atoms with van der Waals surface area (Å²) in [4.78, 5) is 25.8. The van der Waals surface area contributed by atoms with E-state index in [2.05, 4.69) is 15.0 Å². The number of alkyl halides is 2. The van der Waals surface area contributed by atoms with E-state index in [1.165, 1.54) is 43.3 Å². The maximum Gasteiger partial charge on any atom is 0.282 e. The Morgan fingerprint density at radius 3 is 2.73 bits per heavy atom. The number of rotatable bonds is 4. The van der Waals surface area contributed by atoms with Crippen LogP contribution in [0.2, 0.25) is 0 Å². The molecule has 176 valence electrons. The van der Waals surface area contributed by atoms with Crippen molar-refractivity contribution in [1.82, 2.24) is 14.9 Å². The molecule has 2 atom stereocenters. The highest BCUT2D eigenvalue weighted by Crippen LogP contribution is 2.44. The predicted octanol–water partition coefficient (Wildman–Crippen LogP) is 3.53. The quantitative estimate of drug-likeness (QED) is 0.744. The molecule has 3 aliphatic rings. The minimum atomic E-state index is -2.81. The average Bonchev–Trinajstić information content (AvgIpc) is 3.69. The van der Waals surface area contributed by atoms with Gasteiger partial charge in [0.1, 0.15) is 22.8 Å². The lowest BCUT2D eigenvalue weighted by Crippen LogP contribution is -2.58. The molecule has 8 nitrogen and oxygen atoms in total. The van der Waals surface area contributed by atoms with Gasteiger partial charge in [-0.15, -0.1) is 0 Å². The molecule has 2 N–H and O–H groups in total. The second-order valence-corrected chi connectivity index (χ2v) is 8.07. The lowest BCUT2D eigenvalue weighted by molar-refractivity contribution is -0.140. The van der Waals surface area contributed by atoms with E-state index in [-0.39, 0.29) is 35.7 Å². The number of benzene rings is 1. The van der Waals surface area contributed by atoms with Gasteiger partial charge in [-0.3, -0.25) is 14.7 Å². The number of carbonyl (C=O) groups excluding carboxylic acids is 1. The molecule has 1 saturated carbocycles. The van der Waals surface area contributed by atoms with Gasteiger partial charge in [0, 0.05) is 19.2 Å². The van der Waals surface area contributed by atoms with Crippen LogP contribution >= 0.6 is 0 Å². The molecule has 1 aliphatic carbocycles. The fourth-order valence-electron chi connectivity index (χ4n) is 3.70. The topological polar surface area (TPSA) is 103 Å². The summed E-state index contributed by atoms with van der Waals surface area (Å²) in [5, 5.41) is 0. The number of fused-ring (bicyclic) bond motifs is 1. The Kier molecular flexibility index (Phi) is 6.50. The Balaban J connectivity index is 0.000000799. The van der Waals surface area contributed by atoms with Gasteiger partial charge in [0.15, 0.2) is 5.96 Å². The first-order valence-electron chi connectivity index (χ1n) is 10.6. The number of nitrogens with two attached hydrogens (primary N) is 1. The number of ether oxygens (including phenoxy) is 2. The molecule has 2 aliphatic heterocycles. The van der Waals surface area contributed by atoms with Gasteiger partial charge in [-0.1, -0.05) is 19.3 Å². The number of hydrogen-bond acceptors (Lipinski definition) is 7. The Labute approximate surface area is 188 Å². The number of guanidine groups is 1. The third kappa shape index (κ3) is 4.77. The summed E-state index contributed by atoms with van der Waals surface area (Å²) in [6.07, 6.45) is 4.12. The lowest BCUT2D eigenvalue weighted by atomic mass is 9.74. The molecule has 2 unspecified atom stereocenters. The molecule has 2 fully saturated rings. The number of hydrogen-bond donors (Lipinski definition) is 1. The molecular formula is C22H24F3N5O3. The third-order valence-corrected chi connectivity index (χ3v) is 5.57. The fraction of sp³-hybridized carbons (Fsp3) is 0.455. The van der Waals surface area contributed by atoms with Gasteiger partial charge in [-0.25, -0.2) is 23.1 Å². The first-order chi connectivity index (χ1) is 15.8. The van der Waals surface area contributed by atoms with Crippen LogP contribution in [0.5, 0.6) is 11.6 Å². The summed E-state index contributed by atoms with van der Waals surface area (Å²) in [5.41, 5.74) is 4.07. The van der Waals surface area contributed by atoms with Gasteiger partial charge < -0.3 is 15.2 Å². The zero-order chi connectivity index (χ0) is 23.6. The number of nitrogens with zero attached hydrogens (tertiary/aromatic N) is 4. The number of aliphatic imine (C=N–C) groups is 1. The molecule has 5 rings (SSSR count). The van der Waals surface area contributed by atoms with Crippen LogP contribution in [-0.2, 0) is 15.1 Å². The van der Waals surface area contributed by atoms with Crippen molar-refractivity contribution in [3.8, 4) is 11.6 Å². The van der Waals surface area contributed by atoms with Crippen LogP contribution in [0.15, 0.2) is 35.6 Å². The molecular weight excluding hydrogens is 439 g/mol. The summed E-state index contributed by atoms with van der Waals surface area (Å²) in [6.45, 7) is 0.286. The largest absolute Gasteiger partial charge is 0.437 e. The molecule has 0 spiro atoms. The third-order valence-electron chi connectivity index (χ3n) is 5.57. The van der Waals surface area contributed by atoms with Crippen LogP contribution in [0.1, 0.15) is 43.4 Å². The van der Waals surface area contributed by atoms with Crippen molar-refractivity contribution < 1.29 is 27.4 Å². The maximum absolute atomic E-state index is 14.9. The van der Waals surface area contributed by atoms with Crippen molar-refractivity contribution in [3.63, 3.8) is 0 Å². The van der Waals surface area contributed by atoms with E-state index in [0.29, 0.717) is 13.0 Å². The number of halogens is 3. The smallest absolute Gasteiger partial charge is 0.282 e. The second kappa shape index (κ2) is 9.34. The molecule has 0 bridgehead atoms. The minimum absolute atomic E-state index is 0.0427. The highest BCUT2D eigenvalue weighted by Gasteiger charge is 2.52. The molecule has 1 amide bonds. The van der Waals surface area contributed by atoms with E-state index >= 15 is 0 Å². The van der Waals surface area contributed by atoms with E-state index in [0.717, 1.165) is 18.5 Å². The Morgan fingerprint density at radius 1 is 1.27 bits per heavy atom. The van der Waals surface area contributed by atoms with E-state index in [4.69, 9.17) is 15.2 Å². The van der Waals surface area contributed by atoms with Gasteiger partial charge in [-0.2, -0.15) is 0 Å². The number of amides is 1. The molecule has 1 saturated heterocycles. The second-order valence-electron chi connectivity index (χ2n) is 8.07. The van der Waals surface area contributed by atoms with Crippen molar-refractivity contribution in [1.29, 1.82) is 0 Å². The molecule has 33 heavy (non-hydrogen) atoms. The molecule has 1 aromatic heterocycles. The van der Waals surface area contributed by atoms with Crippen molar-refractivity contribution in [2.45, 2.75) is 37.6 Å². The van der Waals surface area contributed by atoms with E-state index in [1.54, 1.807) is 0 Å². The lowest BCUT2D eigenvalue weighted by Gasteiger charge is -2.45. The summed E-state index contributed by atoms with van der Waals surface area (Å²) >= 11 is 0. The van der Waals surface area contributed by atoms with Crippen molar-refractivity contribution in [2.75, 3.05) is 20.3 Å². The standard InChI is InChI=1S/C19H18F3N5O3.C3H6/c1-27-17(28)11-4-5-29-9-19(11,26-18(27)23)12-6-10(2-3-13(12)20)30-15-8-24-7-14(25-15)16(21)22;1-2-3-1/h2-3,6-8,11,16H,4-5,9H2,1H3,(H2,23,26);1-3H2. The molecule has 11 heteroatoms. The average molecular weight is 463 g/mol. The molecule has 3 heterocycles. The number of aromatic nitrogens is 2. The SMILES string of the molecule is C1CC1.CN1C(=O)C2CCOCC2(c2cc(Oc3cncc(C(F)F)n3)ccc2F)N=C1N. The van der Waals surface area contributed by atoms with Crippen LogP contribution in [-0.4, -0.2) is 47.0 Å². The summed E-state index contributed by atoms with van der Waals surface area (Å²) in [5.74, 6) is -1.70. The van der Waals surface area contributed by atoms with Gasteiger partial charge in [-0.05, 0) is 24.6 Å². The zero-order valence-corrected chi connectivity index (χ0v) is 18.0. The number of carbonyl (C=O) groups is 1. The maximum atomic E-state index is 14.9. The monoisotopic (exact) mass is 463 g/mol. The van der Waals surface area contributed by atoms with E-state index in [1.807, 2.05) is 0 Å². The predicted molar refractivity (Wildman–Crippen MR) is 112 cm³/mol. The highest BCUT2D eigenvalue weighted by molar-refractivity contribution is 6.00. The molecule has 2 aromatic rings. The van der Waals surface area contributed by atoms with Crippen LogP contribution < -0.4 is 10.5 Å². The van der Waals surface area contributed by atoms with Crippen molar-refractivity contribution in [2.24, 2.45) is 16.6 Å². The van der Waals surface area contributed by atoms with E-state index in [9.17, 15) is 18.0 Å². The molecule has 0 radical (unpaired) electrons. The van der Waals surface area contributed by atoms with Crippen LogP contribution in [0, 0.1) is 11.7 Å². The Bertz CT molecular complexity index is 1060. The van der Waals surface area contributed by atoms with Crippen molar-refractivity contribution in [3.05, 3.63) is 47.7 Å². The normalized spacial score (nSPS) is 23.9. The fourth-order valence-corrected chi connectivity index (χ4v) is 3.70. The van der Waals surface area contributed by atoms with Gasteiger partial charge in [0.2, 0.25) is 11.8 Å². The van der Waals surface area contributed by atoms with Crippen LogP contribution in [0.3, 0.4) is 0 Å². The summed E-state index contributed by atoms with van der Waals surface area (Å²) in [6, 6.07) is 3.81. The van der Waals surface area contributed by atoms with Gasteiger partial charge in [0.05, 0.1) is 24.9 Å².